The number of carbonyl (C=O) groups is 1. The van der Waals surface area contributed by atoms with E-state index in [0.29, 0.717) is 11.3 Å². The molecular formula is C11H9BrN2O2. The molecule has 2 rings (SSSR count). The number of hydrogen-bond acceptors (Lipinski definition) is 3. The minimum absolute atomic E-state index is 0.373. The van der Waals surface area contributed by atoms with E-state index in [9.17, 15) is 4.79 Å². The van der Waals surface area contributed by atoms with Gasteiger partial charge in [0.05, 0.1) is 29.0 Å². The monoisotopic (exact) mass is 280 g/mol. The van der Waals surface area contributed by atoms with Gasteiger partial charge in [-0.3, -0.25) is 0 Å². The Kier molecular flexibility index (Phi) is 3.05. The van der Waals surface area contributed by atoms with Crippen molar-refractivity contribution in [1.82, 2.24) is 9.78 Å². The van der Waals surface area contributed by atoms with E-state index < -0.39 is 0 Å². The van der Waals surface area contributed by atoms with Crippen molar-refractivity contribution < 1.29 is 9.53 Å². The van der Waals surface area contributed by atoms with E-state index in [2.05, 4.69) is 21.0 Å². The van der Waals surface area contributed by atoms with Gasteiger partial charge >= 0.3 is 5.97 Å². The fraction of sp³-hybridized carbons (Fsp3) is 0.0909. The van der Waals surface area contributed by atoms with Gasteiger partial charge in [0.15, 0.2) is 0 Å². The third-order valence-electron chi connectivity index (χ3n) is 2.11. The number of ether oxygens (including phenoxy) is 1. The first-order valence-corrected chi connectivity index (χ1v) is 5.39. The molecule has 1 aromatic carbocycles. The van der Waals surface area contributed by atoms with Crippen LogP contribution in [0.1, 0.15) is 10.4 Å². The van der Waals surface area contributed by atoms with Crippen molar-refractivity contribution in [2.75, 3.05) is 7.11 Å². The number of aromatic nitrogens is 2. The van der Waals surface area contributed by atoms with Crippen LogP contribution in [0.15, 0.2) is 41.1 Å². The second kappa shape index (κ2) is 4.49. The lowest BCUT2D eigenvalue weighted by Crippen LogP contribution is -2.07. The van der Waals surface area contributed by atoms with Crippen LogP contribution in [0, 0.1) is 0 Å². The SMILES string of the molecule is COC(=O)c1ccccc1-n1cc(Br)cn1. The Labute approximate surface area is 101 Å². The molecule has 0 aliphatic rings. The molecule has 1 heterocycles. The Bertz CT molecular complexity index is 522. The fourth-order valence-electron chi connectivity index (χ4n) is 1.39. The number of esters is 1. The van der Waals surface area contributed by atoms with Gasteiger partial charge in [-0.05, 0) is 28.1 Å². The highest BCUT2D eigenvalue weighted by Gasteiger charge is 2.12. The number of carbonyl (C=O) groups excluding carboxylic acids is 1. The highest BCUT2D eigenvalue weighted by Crippen LogP contribution is 2.17. The highest BCUT2D eigenvalue weighted by atomic mass is 79.9. The average Bonchev–Trinajstić information content (AvgIpc) is 2.75. The lowest BCUT2D eigenvalue weighted by molar-refractivity contribution is 0.0600. The molecule has 0 atom stereocenters. The number of para-hydroxylation sites is 1. The molecule has 0 aliphatic carbocycles. The lowest BCUT2D eigenvalue weighted by atomic mass is 10.2. The van der Waals surface area contributed by atoms with Crippen molar-refractivity contribution in [3.05, 3.63) is 46.7 Å². The van der Waals surface area contributed by atoms with Crippen LogP contribution in [0.3, 0.4) is 0 Å². The molecule has 5 heteroatoms. The predicted octanol–water partition coefficient (Wildman–Crippen LogP) is 2.42. The zero-order valence-corrected chi connectivity index (χ0v) is 10.1. The Morgan fingerprint density at radius 1 is 1.44 bits per heavy atom. The van der Waals surface area contributed by atoms with Crippen molar-refractivity contribution in [3.8, 4) is 5.69 Å². The number of methoxy groups -OCH3 is 1. The van der Waals surface area contributed by atoms with Crippen LogP contribution < -0.4 is 0 Å². The van der Waals surface area contributed by atoms with Gasteiger partial charge in [-0.25, -0.2) is 9.48 Å². The summed E-state index contributed by atoms with van der Waals surface area (Å²) < 4.78 is 7.19. The highest BCUT2D eigenvalue weighted by molar-refractivity contribution is 9.10. The molecule has 0 spiro atoms. The first kappa shape index (κ1) is 10.9. The van der Waals surface area contributed by atoms with E-state index in [-0.39, 0.29) is 5.97 Å². The third kappa shape index (κ3) is 1.99. The Balaban J connectivity index is 2.52. The number of rotatable bonds is 2. The molecule has 0 radical (unpaired) electrons. The van der Waals surface area contributed by atoms with E-state index in [1.165, 1.54) is 7.11 Å². The maximum Gasteiger partial charge on any atom is 0.340 e. The maximum atomic E-state index is 11.5. The number of halogens is 1. The van der Waals surface area contributed by atoms with E-state index >= 15 is 0 Å². The van der Waals surface area contributed by atoms with Crippen LogP contribution in [0.4, 0.5) is 0 Å². The summed E-state index contributed by atoms with van der Waals surface area (Å²) in [5, 5.41) is 4.13. The molecule has 0 bridgehead atoms. The first-order valence-electron chi connectivity index (χ1n) is 4.60. The van der Waals surface area contributed by atoms with Crippen molar-refractivity contribution in [3.63, 3.8) is 0 Å². The second-order valence-electron chi connectivity index (χ2n) is 3.11. The summed E-state index contributed by atoms with van der Waals surface area (Å²) in [4.78, 5) is 11.5. The standard InChI is InChI=1S/C11H9BrN2O2/c1-16-11(15)9-4-2-3-5-10(9)14-7-8(12)6-13-14/h2-7H,1H3. The summed E-state index contributed by atoms with van der Waals surface area (Å²) in [7, 11) is 1.36. The van der Waals surface area contributed by atoms with Crippen LogP contribution >= 0.6 is 15.9 Å². The number of nitrogens with zero attached hydrogens (tertiary/aromatic N) is 2. The molecule has 0 saturated heterocycles. The molecule has 4 nitrogen and oxygen atoms in total. The van der Waals surface area contributed by atoms with Gasteiger partial charge in [0.25, 0.3) is 0 Å². The molecule has 0 amide bonds. The number of benzene rings is 1. The van der Waals surface area contributed by atoms with E-state index in [1.807, 2.05) is 12.1 Å². The largest absolute Gasteiger partial charge is 0.465 e. The minimum Gasteiger partial charge on any atom is -0.465 e. The van der Waals surface area contributed by atoms with E-state index in [1.54, 1.807) is 29.2 Å². The molecule has 0 N–H and O–H groups in total. The first-order chi connectivity index (χ1) is 7.72. The molecule has 1 aromatic heterocycles. The molecule has 0 fully saturated rings. The maximum absolute atomic E-state index is 11.5. The fourth-order valence-corrected chi connectivity index (χ4v) is 1.67. The molecule has 0 saturated carbocycles. The van der Waals surface area contributed by atoms with Crippen LogP contribution in [0.5, 0.6) is 0 Å². The third-order valence-corrected chi connectivity index (χ3v) is 2.52. The Morgan fingerprint density at radius 2 is 2.19 bits per heavy atom. The van der Waals surface area contributed by atoms with Crippen LogP contribution in [-0.2, 0) is 4.74 Å². The van der Waals surface area contributed by atoms with Gasteiger partial charge in [0.1, 0.15) is 0 Å². The van der Waals surface area contributed by atoms with Crippen molar-refractivity contribution in [1.29, 1.82) is 0 Å². The van der Waals surface area contributed by atoms with Gasteiger partial charge in [0.2, 0.25) is 0 Å². The van der Waals surface area contributed by atoms with Gasteiger partial charge in [0, 0.05) is 6.20 Å². The van der Waals surface area contributed by atoms with Crippen molar-refractivity contribution >= 4 is 21.9 Å². The summed E-state index contributed by atoms with van der Waals surface area (Å²) in [6.45, 7) is 0. The topological polar surface area (TPSA) is 44.1 Å². The molecule has 0 unspecified atom stereocenters. The summed E-state index contributed by atoms with van der Waals surface area (Å²) in [6, 6.07) is 7.15. The Hall–Kier alpha value is -1.62. The second-order valence-corrected chi connectivity index (χ2v) is 4.03. The van der Waals surface area contributed by atoms with Crippen molar-refractivity contribution in [2.45, 2.75) is 0 Å². The van der Waals surface area contributed by atoms with Crippen LogP contribution in [-0.4, -0.2) is 22.9 Å². The van der Waals surface area contributed by atoms with Gasteiger partial charge in [-0.15, -0.1) is 0 Å². The Morgan fingerprint density at radius 3 is 2.81 bits per heavy atom. The summed E-state index contributed by atoms with van der Waals surface area (Å²) in [5.74, 6) is -0.373. The summed E-state index contributed by atoms with van der Waals surface area (Å²) in [5.41, 5.74) is 1.18. The molecule has 0 aliphatic heterocycles. The molecule has 16 heavy (non-hydrogen) atoms. The summed E-state index contributed by atoms with van der Waals surface area (Å²) >= 11 is 3.31. The van der Waals surface area contributed by atoms with E-state index in [4.69, 9.17) is 4.74 Å². The smallest absolute Gasteiger partial charge is 0.340 e. The van der Waals surface area contributed by atoms with Crippen LogP contribution in [0.2, 0.25) is 0 Å². The quantitative estimate of drug-likeness (QED) is 0.794. The lowest BCUT2D eigenvalue weighted by Gasteiger charge is -2.06. The van der Waals surface area contributed by atoms with Gasteiger partial charge in [-0.1, -0.05) is 12.1 Å². The van der Waals surface area contributed by atoms with Gasteiger partial charge in [-0.2, -0.15) is 5.10 Å². The predicted molar refractivity (Wildman–Crippen MR) is 62.6 cm³/mol. The summed E-state index contributed by atoms with van der Waals surface area (Å²) in [6.07, 6.45) is 3.44. The van der Waals surface area contributed by atoms with Gasteiger partial charge < -0.3 is 4.74 Å². The van der Waals surface area contributed by atoms with E-state index in [0.717, 1.165) is 4.47 Å². The van der Waals surface area contributed by atoms with Crippen LogP contribution in [0.25, 0.3) is 5.69 Å². The zero-order valence-electron chi connectivity index (χ0n) is 8.55. The zero-order chi connectivity index (χ0) is 11.5. The minimum atomic E-state index is -0.373. The normalized spacial score (nSPS) is 10.1. The average molecular weight is 281 g/mol. The number of hydrogen-bond donors (Lipinski definition) is 0. The molecule has 2 aromatic rings. The van der Waals surface area contributed by atoms with Crippen molar-refractivity contribution in [2.24, 2.45) is 0 Å². The molecule has 82 valence electrons. The molecular weight excluding hydrogens is 272 g/mol.